The van der Waals surface area contributed by atoms with E-state index in [1.54, 1.807) is 12.1 Å². The molecule has 0 spiro atoms. The Morgan fingerprint density at radius 1 is 1.32 bits per heavy atom. The summed E-state index contributed by atoms with van der Waals surface area (Å²) in [7, 11) is 0. The lowest BCUT2D eigenvalue weighted by Gasteiger charge is -2.23. The van der Waals surface area contributed by atoms with E-state index in [4.69, 9.17) is 17.2 Å². The number of amides is 2. The lowest BCUT2D eigenvalue weighted by Crippen LogP contribution is -2.37. The van der Waals surface area contributed by atoms with Crippen molar-refractivity contribution in [2.24, 2.45) is 16.9 Å². The molecular weight excluding hydrogens is 244 g/mol. The summed E-state index contributed by atoms with van der Waals surface area (Å²) in [4.78, 5) is 24.7. The Balaban J connectivity index is 2.28. The molecule has 0 aromatic heterocycles. The number of hydrogen-bond donors (Lipinski definition) is 3. The first kappa shape index (κ1) is 13.2. The third-order valence-electron chi connectivity index (χ3n) is 3.74. The fourth-order valence-corrected chi connectivity index (χ4v) is 2.34. The maximum absolute atomic E-state index is 11.4. The maximum atomic E-state index is 11.4. The van der Waals surface area contributed by atoms with E-state index in [2.05, 4.69) is 0 Å². The minimum Gasteiger partial charge on any atom is -0.398 e. The Morgan fingerprint density at radius 3 is 2.53 bits per heavy atom. The standard InChI is InChI=1S/C13H18N4O2/c1-13(12(16)19)4-5-17(7-13)8-2-3-10(14)9(6-8)11(15)18/h2-3,6H,4-5,7,14H2,1H3,(H2,15,18)(H2,16,19). The molecule has 1 aliphatic rings. The molecule has 6 heteroatoms. The molecule has 102 valence electrons. The van der Waals surface area contributed by atoms with Crippen LogP contribution in [0.4, 0.5) is 11.4 Å². The Labute approximate surface area is 111 Å². The number of carbonyl (C=O) groups is 2. The highest BCUT2D eigenvalue weighted by atomic mass is 16.1. The van der Waals surface area contributed by atoms with Crippen LogP contribution < -0.4 is 22.1 Å². The molecule has 2 rings (SSSR count). The van der Waals surface area contributed by atoms with Gasteiger partial charge in [0.05, 0.1) is 11.0 Å². The van der Waals surface area contributed by atoms with Gasteiger partial charge in [0.2, 0.25) is 5.91 Å². The number of anilines is 2. The molecule has 0 aliphatic carbocycles. The number of rotatable bonds is 3. The van der Waals surface area contributed by atoms with Crippen LogP contribution in [0.3, 0.4) is 0 Å². The third-order valence-corrected chi connectivity index (χ3v) is 3.74. The lowest BCUT2D eigenvalue weighted by atomic mass is 9.89. The van der Waals surface area contributed by atoms with E-state index in [1.165, 1.54) is 0 Å². The average Bonchev–Trinajstić information content (AvgIpc) is 2.73. The molecule has 1 unspecified atom stereocenters. The first-order valence-electron chi connectivity index (χ1n) is 6.08. The van der Waals surface area contributed by atoms with Crippen molar-refractivity contribution in [2.75, 3.05) is 23.7 Å². The van der Waals surface area contributed by atoms with Gasteiger partial charge in [-0.15, -0.1) is 0 Å². The summed E-state index contributed by atoms with van der Waals surface area (Å²) in [5.74, 6) is -0.864. The van der Waals surface area contributed by atoms with Crippen LogP contribution in [0.25, 0.3) is 0 Å². The van der Waals surface area contributed by atoms with E-state index in [-0.39, 0.29) is 5.91 Å². The highest BCUT2D eigenvalue weighted by Gasteiger charge is 2.39. The molecule has 1 saturated heterocycles. The molecule has 0 bridgehead atoms. The van der Waals surface area contributed by atoms with Crippen molar-refractivity contribution in [3.63, 3.8) is 0 Å². The van der Waals surface area contributed by atoms with Gasteiger partial charge in [-0.1, -0.05) is 0 Å². The number of carbonyl (C=O) groups excluding carboxylic acids is 2. The number of nitrogens with two attached hydrogens (primary N) is 3. The van der Waals surface area contributed by atoms with Gasteiger partial charge in [0.15, 0.2) is 0 Å². The summed E-state index contributed by atoms with van der Waals surface area (Å²) in [5.41, 5.74) is 17.3. The van der Waals surface area contributed by atoms with Gasteiger partial charge in [-0.3, -0.25) is 9.59 Å². The van der Waals surface area contributed by atoms with Crippen LogP contribution in [0.5, 0.6) is 0 Å². The lowest BCUT2D eigenvalue weighted by molar-refractivity contribution is -0.125. The largest absolute Gasteiger partial charge is 0.398 e. The maximum Gasteiger partial charge on any atom is 0.250 e. The summed E-state index contributed by atoms with van der Waals surface area (Å²) in [5, 5.41) is 0. The van der Waals surface area contributed by atoms with Crippen molar-refractivity contribution >= 4 is 23.2 Å². The second-order valence-corrected chi connectivity index (χ2v) is 5.23. The van der Waals surface area contributed by atoms with Crippen LogP contribution in [0.15, 0.2) is 18.2 Å². The monoisotopic (exact) mass is 262 g/mol. The highest BCUT2D eigenvalue weighted by molar-refractivity contribution is 5.99. The molecule has 1 atom stereocenters. The normalized spacial score (nSPS) is 22.5. The van der Waals surface area contributed by atoms with E-state index < -0.39 is 11.3 Å². The zero-order valence-electron chi connectivity index (χ0n) is 10.8. The van der Waals surface area contributed by atoms with E-state index in [9.17, 15) is 9.59 Å². The molecule has 2 amide bonds. The molecule has 19 heavy (non-hydrogen) atoms. The van der Waals surface area contributed by atoms with Gasteiger partial charge >= 0.3 is 0 Å². The first-order valence-corrected chi connectivity index (χ1v) is 6.08. The summed E-state index contributed by atoms with van der Waals surface area (Å²) in [6.45, 7) is 3.09. The smallest absolute Gasteiger partial charge is 0.250 e. The van der Waals surface area contributed by atoms with Crippen molar-refractivity contribution in [3.8, 4) is 0 Å². The molecule has 0 radical (unpaired) electrons. The SMILES string of the molecule is CC1(C(N)=O)CCN(c2ccc(N)c(C(N)=O)c2)C1. The Bertz CT molecular complexity index is 543. The molecule has 6 N–H and O–H groups in total. The number of hydrogen-bond acceptors (Lipinski definition) is 4. The molecule has 1 fully saturated rings. The Morgan fingerprint density at radius 2 is 2.00 bits per heavy atom. The van der Waals surface area contributed by atoms with E-state index in [0.29, 0.717) is 30.8 Å². The molecule has 1 aliphatic heterocycles. The Kier molecular flexibility index (Phi) is 3.09. The van der Waals surface area contributed by atoms with Gasteiger partial charge in [0.25, 0.3) is 5.91 Å². The van der Waals surface area contributed by atoms with Gasteiger partial charge < -0.3 is 22.1 Å². The average molecular weight is 262 g/mol. The number of primary amides is 2. The van der Waals surface area contributed by atoms with Crippen molar-refractivity contribution < 1.29 is 9.59 Å². The van der Waals surface area contributed by atoms with Crippen LogP contribution >= 0.6 is 0 Å². The molecule has 0 saturated carbocycles. The summed E-state index contributed by atoms with van der Waals surface area (Å²) >= 11 is 0. The fourth-order valence-electron chi connectivity index (χ4n) is 2.34. The summed E-state index contributed by atoms with van der Waals surface area (Å²) in [6, 6.07) is 5.12. The van der Waals surface area contributed by atoms with Crippen LogP contribution in [0, 0.1) is 5.41 Å². The van der Waals surface area contributed by atoms with Crippen molar-refractivity contribution in [3.05, 3.63) is 23.8 Å². The summed E-state index contributed by atoms with van der Waals surface area (Å²) < 4.78 is 0. The van der Waals surface area contributed by atoms with Gasteiger partial charge in [0, 0.05) is 24.5 Å². The van der Waals surface area contributed by atoms with E-state index >= 15 is 0 Å². The van der Waals surface area contributed by atoms with Crippen LogP contribution in [-0.2, 0) is 4.79 Å². The zero-order chi connectivity index (χ0) is 14.2. The second kappa shape index (κ2) is 4.46. The third kappa shape index (κ3) is 2.33. The van der Waals surface area contributed by atoms with Gasteiger partial charge in [-0.25, -0.2) is 0 Å². The van der Waals surface area contributed by atoms with Gasteiger partial charge in [-0.2, -0.15) is 0 Å². The van der Waals surface area contributed by atoms with E-state index in [1.807, 2.05) is 17.9 Å². The molecule has 6 nitrogen and oxygen atoms in total. The highest BCUT2D eigenvalue weighted by Crippen LogP contribution is 2.33. The molecular formula is C13H18N4O2. The first-order chi connectivity index (χ1) is 8.83. The quantitative estimate of drug-likeness (QED) is 0.668. The predicted octanol–water partition coefficient (Wildman–Crippen LogP) is 0.0694. The van der Waals surface area contributed by atoms with Crippen molar-refractivity contribution in [2.45, 2.75) is 13.3 Å². The Hall–Kier alpha value is -2.24. The molecule has 1 aromatic rings. The second-order valence-electron chi connectivity index (χ2n) is 5.23. The minimum atomic E-state index is -0.559. The summed E-state index contributed by atoms with van der Waals surface area (Å²) in [6.07, 6.45) is 0.693. The predicted molar refractivity (Wildman–Crippen MR) is 73.5 cm³/mol. The fraction of sp³-hybridized carbons (Fsp3) is 0.385. The van der Waals surface area contributed by atoms with Crippen LogP contribution in [0.1, 0.15) is 23.7 Å². The van der Waals surface area contributed by atoms with Gasteiger partial charge in [0.1, 0.15) is 0 Å². The molecule has 1 aromatic carbocycles. The van der Waals surface area contributed by atoms with E-state index in [0.717, 1.165) is 5.69 Å². The van der Waals surface area contributed by atoms with Crippen LogP contribution in [-0.4, -0.2) is 24.9 Å². The van der Waals surface area contributed by atoms with Crippen molar-refractivity contribution in [1.82, 2.24) is 0 Å². The number of benzene rings is 1. The number of nitrogens with zero attached hydrogens (tertiary/aromatic N) is 1. The van der Waals surface area contributed by atoms with Crippen LogP contribution in [0.2, 0.25) is 0 Å². The van der Waals surface area contributed by atoms with Gasteiger partial charge in [-0.05, 0) is 31.5 Å². The topological polar surface area (TPSA) is 115 Å². The minimum absolute atomic E-state index is 0.296. The molecule has 1 heterocycles. The zero-order valence-corrected chi connectivity index (χ0v) is 10.8. The van der Waals surface area contributed by atoms with Crippen molar-refractivity contribution in [1.29, 1.82) is 0 Å². The number of nitrogen functional groups attached to an aromatic ring is 1.